The van der Waals surface area contributed by atoms with Crippen LogP contribution in [0.4, 0.5) is 4.79 Å². The fraction of sp³-hybridized carbons (Fsp3) is 0.700. The Hall–Kier alpha value is -2.20. The number of amides is 4. The van der Waals surface area contributed by atoms with E-state index in [1.165, 1.54) is 0 Å². The number of hydrogen-bond acceptors (Lipinski definition) is 6. The quantitative estimate of drug-likeness (QED) is 0.580. The van der Waals surface area contributed by atoms with Gasteiger partial charge in [-0.2, -0.15) is 0 Å². The molecular weight excluding hydrogens is 404 g/mol. The van der Waals surface area contributed by atoms with Crippen molar-refractivity contribution in [1.29, 1.82) is 0 Å². The molecule has 3 N–H and O–H groups in total. The Morgan fingerprint density at radius 3 is 2.77 bits per heavy atom. The lowest BCUT2D eigenvalue weighted by Crippen LogP contribution is -2.62. The third-order valence-corrected chi connectivity index (χ3v) is 6.65. The molecule has 3 atom stereocenters. The Kier molecular flexibility index (Phi) is 6.24. The van der Waals surface area contributed by atoms with Gasteiger partial charge in [-0.15, -0.1) is 11.3 Å². The van der Waals surface area contributed by atoms with Crippen molar-refractivity contribution in [3.8, 4) is 0 Å². The molecule has 0 unspecified atom stereocenters. The Balaban J connectivity index is 1.42. The molecule has 1 saturated carbocycles. The number of piperazine rings is 1. The van der Waals surface area contributed by atoms with Crippen molar-refractivity contribution in [3.05, 3.63) is 16.6 Å². The van der Waals surface area contributed by atoms with E-state index in [1.54, 1.807) is 16.8 Å². The summed E-state index contributed by atoms with van der Waals surface area (Å²) in [5, 5.41) is 8.82. The van der Waals surface area contributed by atoms with Gasteiger partial charge in [0.05, 0.1) is 11.6 Å². The zero-order chi connectivity index (χ0) is 21.3. The van der Waals surface area contributed by atoms with Crippen molar-refractivity contribution in [2.24, 2.45) is 5.92 Å². The van der Waals surface area contributed by atoms with Gasteiger partial charge in [0.15, 0.2) is 0 Å². The summed E-state index contributed by atoms with van der Waals surface area (Å²) in [4.78, 5) is 46.9. The summed E-state index contributed by atoms with van der Waals surface area (Å²) in [7, 11) is 0. The zero-order valence-corrected chi connectivity index (χ0v) is 18.3. The number of hydrogen-bond donors (Lipinski definition) is 3. The molecule has 3 heterocycles. The van der Waals surface area contributed by atoms with Crippen molar-refractivity contribution in [2.75, 3.05) is 19.6 Å². The van der Waals surface area contributed by atoms with E-state index in [-0.39, 0.29) is 41.9 Å². The molecular formula is C20H30N6O3S. The van der Waals surface area contributed by atoms with Gasteiger partial charge >= 0.3 is 6.03 Å². The van der Waals surface area contributed by atoms with Crippen LogP contribution < -0.4 is 16.0 Å². The van der Waals surface area contributed by atoms with E-state index < -0.39 is 6.04 Å². The SMILES string of the molecule is CC(C)NC(=O)N[C@H]1C[C@H]2CN(Cc3cncs3)[C@@H](CNC(=O)C3CC3)C(=O)N2C1. The van der Waals surface area contributed by atoms with E-state index in [1.807, 2.05) is 24.9 Å². The molecule has 0 spiro atoms. The zero-order valence-electron chi connectivity index (χ0n) is 17.5. The van der Waals surface area contributed by atoms with Gasteiger partial charge in [0.25, 0.3) is 0 Å². The van der Waals surface area contributed by atoms with Gasteiger partial charge in [0.1, 0.15) is 6.04 Å². The Labute approximate surface area is 180 Å². The van der Waals surface area contributed by atoms with Gasteiger partial charge in [0, 0.05) is 55.3 Å². The second kappa shape index (κ2) is 8.89. The summed E-state index contributed by atoms with van der Waals surface area (Å²) in [6.45, 7) is 6.02. The number of fused-ring (bicyclic) bond motifs is 1. The molecule has 0 bridgehead atoms. The van der Waals surface area contributed by atoms with E-state index >= 15 is 0 Å². The van der Waals surface area contributed by atoms with Gasteiger partial charge < -0.3 is 20.9 Å². The highest BCUT2D eigenvalue weighted by atomic mass is 32.1. The van der Waals surface area contributed by atoms with Gasteiger partial charge in [-0.05, 0) is 33.1 Å². The first kappa shape index (κ1) is 21.0. The normalized spacial score (nSPS) is 26.6. The molecule has 4 amide bonds. The first-order chi connectivity index (χ1) is 14.4. The lowest BCUT2D eigenvalue weighted by molar-refractivity contribution is -0.144. The molecule has 10 heteroatoms. The maximum atomic E-state index is 13.3. The molecule has 0 radical (unpaired) electrons. The fourth-order valence-corrected chi connectivity index (χ4v) is 4.92. The molecule has 1 aromatic heterocycles. The van der Waals surface area contributed by atoms with Crippen molar-refractivity contribution >= 4 is 29.2 Å². The minimum atomic E-state index is -0.394. The molecule has 3 aliphatic rings. The summed E-state index contributed by atoms with van der Waals surface area (Å²) in [6.07, 6.45) is 4.44. The van der Waals surface area contributed by atoms with Gasteiger partial charge in [-0.25, -0.2) is 4.79 Å². The average molecular weight is 435 g/mol. The monoisotopic (exact) mass is 434 g/mol. The molecule has 3 fully saturated rings. The maximum absolute atomic E-state index is 13.3. The molecule has 2 saturated heterocycles. The number of nitrogens with one attached hydrogen (secondary N) is 3. The minimum Gasteiger partial charge on any atom is -0.354 e. The molecule has 4 rings (SSSR count). The van der Waals surface area contributed by atoms with Crippen LogP contribution in [0.1, 0.15) is 38.0 Å². The number of nitrogens with zero attached hydrogens (tertiary/aromatic N) is 3. The van der Waals surface area contributed by atoms with Crippen LogP contribution in [-0.4, -0.2) is 76.4 Å². The summed E-state index contributed by atoms with van der Waals surface area (Å²) in [6, 6.07) is -0.538. The molecule has 9 nitrogen and oxygen atoms in total. The number of carbonyl (C=O) groups excluding carboxylic acids is 3. The average Bonchev–Trinajstić information content (AvgIpc) is 3.26. The van der Waals surface area contributed by atoms with Crippen LogP contribution in [0.25, 0.3) is 0 Å². The first-order valence-electron chi connectivity index (χ1n) is 10.7. The smallest absolute Gasteiger partial charge is 0.315 e. The Bertz CT molecular complexity index is 782. The molecule has 0 aromatic carbocycles. The predicted molar refractivity (Wildman–Crippen MR) is 113 cm³/mol. The minimum absolute atomic E-state index is 0.0282. The highest BCUT2D eigenvalue weighted by Crippen LogP contribution is 2.30. The number of aromatic nitrogens is 1. The summed E-state index contributed by atoms with van der Waals surface area (Å²) in [5.41, 5.74) is 1.79. The fourth-order valence-electron chi connectivity index (χ4n) is 4.30. The van der Waals surface area contributed by atoms with Gasteiger partial charge in [0.2, 0.25) is 11.8 Å². The number of urea groups is 1. The molecule has 164 valence electrons. The van der Waals surface area contributed by atoms with Crippen LogP contribution in [0.2, 0.25) is 0 Å². The van der Waals surface area contributed by atoms with Crippen LogP contribution in [0.5, 0.6) is 0 Å². The summed E-state index contributed by atoms with van der Waals surface area (Å²) >= 11 is 1.57. The highest BCUT2D eigenvalue weighted by molar-refractivity contribution is 7.09. The van der Waals surface area contributed by atoms with Crippen molar-refractivity contribution < 1.29 is 14.4 Å². The first-order valence-corrected chi connectivity index (χ1v) is 11.5. The van der Waals surface area contributed by atoms with Crippen LogP contribution in [0.15, 0.2) is 11.7 Å². The van der Waals surface area contributed by atoms with Gasteiger partial charge in [-0.3, -0.25) is 19.5 Å². The summed E-state index contributed by atoms with van der Waals surface area (Å²) < 4.78 is 0. The Morgan fingerprint density at radius 1 is 1.30 bits per heavy atom. The van der Waals surface area contributed by atoms with Crippen molar-refractivity contribution in [2.45, 2.75) is 63.8 Å². The second-order valence-corrected chi connectivity index (χ2v) is 9.75. The van der Waals surface area contributed by atoms with E-state index in [2.05, 4.69) is 25.8 Å². The van der Waals surface area contributed by atoms with Crippen LogP contribution in [0.3, 0.4) is 0 Å². The molecule has 1 aromatic rings. The second-order valence-electron chi connectivity index (χ2n) is 8.78. The molecule has 1 aliphatic carbocycles. The third kappa shape index (κ3) is 4.92. The van der Waals surface area contributed by atoms with E-state index in [0.717, 1.165) is 30.7 Å². The van der Waals surface area contributed by atoms with Gasteiger partial charge in [-0.1, -0.05) is 0 Å². The topological polar surface area (TPSA) is 107 Å². The van der Waals surface area contributed by atoms with Crippen LogP contribution in [-0.2, 0) is 16.1 Å². The van der Waals surface area contributed by atoms with Crippen LogP contribution >= 0.6 is 11.3 Å². The van der Waals surface area contributed by atoms with Crippen molar-refractivity contribution in [3.63, 3.8) is 0 Å². The van der Waals surface area contributed by atoms with E-state index in [4.69, 9.17) is 0 Å². The molecule has 2 aliphatic heterocycles. The van der Waals surface area contributed by atoms with Crippen LogP contribution in [0, 0.1) is 5.92 Å². The van der Waals surface area contributed by atoms with E-state index in [9.17, 15) is 14.4 Å². The highest BCUT2D eigenvalue weighted by Gasteiger charge is 2.46. The standard InChI is InChI=1S/C20H30N6O3S/c1-12(2)23-20(29)24-14-5-15-9-25(10-16-6-21-11-30-16)17(19(28)26(15)8-14)7-22-18(27)13-3-4-13/h6,11-15,17H,3-5,7-10H2,1-2H3,(H,22,27)(H2,23,24,29)/t14-,15-,17-/m0/s1. The number of thiazole rings is 1. The lowest BCUT2D eigenvalue weighted by atomic mass is 10.1. The third-order valence-electron chi connectivity index (χ3n) is 5.88. The largest absolute Gasteiger partial charge is 0.354 e. The predicted octanol–water partition coefficient (Wildman–Crippen LogP) is 0.531. The number of rotatable bonds is 7. The molecule has 30 heavy (non-hydrogen) atoms. The van der Waals surface area contributed by atoms with E-state index in [0.29, 0.717) is 19.6 Å². The van der Waals surface area contributed by atoms with Crippen molar-refractivity contribution in [1.82, 2.24) is 30.7 Å². The summed E-state index contributed by atoms with van der Waals surface area (Å²) in [5.74, 6) is 0.195. The Morgan fingerprint density at radius 2 is 2.10 bits per heavy atom. The number of carbonyl (C=O) groups is 3. The lowest BCUT2D eigenvalue weighted by Gasteiger charge is -2.42. The maximum Gasteiger partial charge on any atom is 0.315 e.